The molecule has 1 unspecified atom stereocenters. The van der Waals surface area contributed by atoms with E-state index in [4.69, 9.17) is 9.47 Å². The molecule has 274 valence electrons. The van der Waals surface area contributed by atoms with Crippen LogP contribution in [0.25, 0.3) is 0 Å². The third-order valence-electron chi connectivity index (χ3n) is 11.2. The van der Waals surface area contributed by atoms with Gasteiger partial charge in [-0.25, -0.2) is 0 Å². The van der Waals surface area contributed by atoms with Crippen molar-refractivity contribution in [3.8, 4) is 0 Å². The first-order valence-corrected chi connectivity index (χ1v) is 18.2. The average Bonchev–Trinajstić information content (AvgIpc) is 3.79. The number of fused-ring (bicyclic) bond motifs is 1. The summed E-state index contributed by atoms with van der Waals surface area (Å²) in [5.74, 6) is -3.40. The summed E-state index contributed by atoms with van der Waals surface area (Å²) >= 11 is 0. The van der Waals surface area contributed by atoms with Gasteiger partial charge in [-0.15, -0.1) is 13.2 Å². The Hall–Kier alpha value is -4.28. The Balaban J connectivity index is 1.54. The topological polar surface area (TPSA) is 117 Å². The van der Waals surface area contributed by atoms with Crippen molar-refractivity contribution in [1.29, 1.82) is 0 Å². The number of hydrogen-bond donors (Lipinski definition) is 1. The number of nitrogens with zero attached hydrogens (tertiary/aromatic N) is 3. The van der Waals surface area contributed by atoms with Crippen molar-refractivity contribution in [3.63, 3.8) is 0 Å². The number of allylic oxidation sites excluding steroid dienone is 1. The number of carbonyl (C=O) groups is 4. The maximum absolute atomic E-state index is 14.9. The smallest absolute Gasteiger partial charge is 0.313 e. The van der Waals surface area contributed by atoms with E-state index >= 15 is 0 Å². The van der Waals surface area contributed by atoms with Crippen LogP contribution in [0.1, 0.15) is 82.6 Å². The van der Waals surface area contributed by atoms with Crippen LogP contribution in [0.15, 0.2) is 86.0 Å². The molecule has 9 atom stereocenters. The van der Waals surface area contributed by atoms with E-state index in [2.05, 4.69) is 20.1 Å². The van der Waals surface area contributed by atoms with Crippen LogP contribution >= 0.6 is 0 Å². The minimum atomic E-state index is -1.29. The summed E-state index contributed by atoms with van der Waals surface area (Å²) in [5.41, 5.74) is 0.0963. The van der Waals surface area contributed by atoms with Crippen LogP contribution in [0.2, 0.25) is 0 Å². The Morgan fingerprint density at radius 1 is 1.06 bits per heavy atom. The van der Waals surface area contributed by atoms with Crippen molar-refractivity contribution in [1.82, 2.24) is 14.7 Å². The highest BCUT2D eigenvalue weighted by atomic mass is 16.6. The van der Waals surface area contributed by atoms with Gasteiger partial charge in [0.1, 0.15) is 17.7 Å². The summed E-state index contributed by atoms with van der Waals surface area (Å²) in [4.78, 5) is 62.2. The number of esters is 1. The molecule has 5 rings (SSSR count). The van der Waals surface area contributed by atoms with Crippen molar-refractivity contribution >= 4 is 23.7 Å². The molecule has 0 aromatic heterocycles. The van der Waals surface area contributed by atoms with Crippen molar-refractivity contribution in [3.05, 3.63) is 97.1 Å². The third kappa shape index (κ3) is 7.13. The Morgan fingerprint density at radius 2 is 1.71 bits per heavy atom. The molecule has 3 aliphatic rings. The molecule has 1 N–H and O–H groups in total. The van der Waals surface area contributed by atoms with Crippen LogP contribution in [-0.4, -0.2) is 93.5 Å². The second-order valence-electron chi connectivity index (χ2n) is 14.2. The molecule has 2 aromatic rings. The maximum atomic E-state index is 14.9. The Kier molecular flexibility index (Phi) is 12.2. The van der Waals surface area contributed by atoms with Gasteiger partial charge < -0.3 is 29.3 Å². The molecule has 3 aliphatic heterocycles. The fourth-order valence-corrected chi connectivity index (χ4v) is 8.48. The van der Waals surface area contributed by atoms with Gasteiger partial charge in [0.15, 0.2) is 0 Å². The summed E-state index contributed by atoms with van der Waals surface area (Å²) in [6.45, 7) is 13.4. The molecule has 0 radical (unpaired) electrons. The molecule has 0 saturated carbocycles. The number of rotatable bonds is 17. The summed E-state index contributed by atoms with van der Waals surface area (Å²) in [7, 11) is 1.69. The molecular weight excluding hydrogens is 646 g/mol. The van der Waals surface area contributed by atoms with Crippen LogP contribution in [0.3, 0.4) is 0 Å². The van der Waals surface area contributed by atoms with Crippen LogP contribution in [0.5, 0.6) is 0 Å². The van der Waals surface area contributed by atoms with E-state index in [0.717, 1.165) is 12.8 Å². The van der Waals surface area contributed by atoms with Crippen molar-refractivity contribution in [2.75, 3.05) is 20.2 Å². The quantitative estimate of drug-likeness (QED) is 0.174. The van der Waals surface area contributed by atoms with Crippen molar-refractivity contribution in [2.24, 2.45) is 11.8 Å². The fourth-order valence-electron chi connectivity index (χ4n) is 8.48. The van der Waals surface area contributed by atoms with E-state index in [1.807, 2.05) is 74.5 Å². The predicted octanol–water partition coefficient (Wildman–Crippen LogP) is 5.40. The van der Waals surface area contributed by atoms with Gasteiger partial charge >= 0.3 is 5.97 Å². The first-order chi connectivity index (χ1) is 24.6. The normalized spacial score (nSPS) is 25.7. The molecule has 10 heteroatoms. The van der Waals surface area contributed by atoms with Gasteiger partial charge in [0.2, 0.25) is 17.7 Å². The highest BCUT2D eigenvalue weighted by molar-refractivity contribution is 5.98. The zero-order chi connectivity index (χ0) is 36.9. The number of aliphatic hydroxyl groups is 1. The number of likely N-dealkylation sites (tertiary alicyclic amines) is 1. The lowest BCUT2D eigenvalue weighted by Crippen LogP contribution is -2.58. The zero-order valence-electron chi connectivity index (χ0n) is 30.4. The maximum Gasteiger partial charge on any atom is 0.313 e. The highest BCUT2D eigenvalue weighted by Crippen LogP contribution is 2.60. The van der Waals surface area contributed by atoms with Gasteiger partial charge in [0, 0.05) is 26.1 Å². The number of ether oxygens (including phenoxy) is 2. The molecule has 3 fully saturated rings. The summed E-state index contributed by atoms with van der Waals surface area (Å²) in [5, 5.41) is 10.8. The van der Waals surface area contributed by atoms with Gasteiger partial charge in [-0.05, 0) is 50.7 Å². The second-order valence-corrected chi connectivity index (χ2v) is 14.2. The standard InChI is InChI=1S/C41H53N3O7/c1-7-10-22-33(46)42(6)28(5)36(30-20-15-12-16-21-30)50-40(49)34-32-23-24-41(51-32)35(34)38(47)44(31(26-45)29-18-13-11-14-19-29)37(41)39(48)43(25-9-3)27(4)17-8-2/h7,9,11-16,18-21,27-28,31-32,34-37,45H,1,3,8,10,17,22-26H2,2,4-6H3/t27?,28-,31-,32+,34-,35-,36+,37+,41-/m1/s1. The molecule has 3 saturated heterocycles. The number of likely N-dealkylation sites (N-methyl/N-ethyl adjacent to an activating group) is 1. The molecule has 1 spiro atoms. The van der Waals surface area contributed by atoms with Crippen molar-refractivity contribution < 1.29 is 33.8 Å². The minimum Gasteiger partial charge on any atom is -0.455 e. The van der Waals surface area contributed by atoms with Crippen LogP contribution in [0, 0.1) is 11.8 Å². The molecule has 3 amide bonds. The Morgan fingerprint density at radius 3 is 2.29 bits per heavy atom. The Bertz CT molecular complexity index is 1570. The molecule has 0 aliphatic carbocycles. The highest BCUT2D eigenvalue weighted by Gasteiger charge is 2.76. The monoisotopic (exact) mass is 699 g/mol. The number of carbonyl (C=O) groups excluding carboxylic acids is 4. The third-order valence-corrected chi connectivity index (χ3v) is 11.2. The lowest BCUT2D eigenvalue weighted by molar-refractivity contribution is -0.165. The molecule has 51 heavy (non-hydrogen) atoms. The summed E-state index contributed by atoms with van der Waals surface area (Å²) in [6, 6.07) is 15.8. The molecule has 2 aromatic carbocycles. The van der Waals surface area contributed by atoms with Crippen LogP contribution < -0.4 is 0 Å². The van der Waals surface area contributed by atoms with E-state index in [-0.39, 0.29) is 30.8 Å². The second kappa shape index (κ2) is 16.4. The summed E-state index contributed by atoms with van der Waals surface area (Å²) in [6.07, 6.45) is 5.18. The first kappa shape index (κ1) is 38.0. The van der Waals surface area contributed by atoms with E-state index in [9.17, 15) is 24.3 Å². The molecule has 2 bridgehead atoms. The lowest BCUT2D eigenvalue weighted by atomic mass is 9.70. The number of amides is 3. The van der Waals surface area contributed by atoms with Gasteiger partial charge in [0.05, 0.1) is 36.6 Å². The zero-order valence-corrected chi connectivity index (χ0v) is 30.4. The molecular formula is C41H53N3O7. The van der Waals surface area contributed by atoms with E-state index in [1.54, 1.807) is 29.0 Å². The SMILES string of the molecule is C=CCCC(=O)N(C)[C@H](C)[C@H](OC(=O)[C@@H]1[C@@H]2CC[C@]3(O2)[C@H](C(=O)N(CC=C)C(C)CCC)N([C@H](CO)c2ccccc2)C(=O)[C@@H]13)c1ccccc1. The Labute approximate surface area is 302 Å². The fraction of sp³-hybridized carbons (Fsp3) is 0.512. The number of benzene rings is 2. The van der Waals surface area contributed by atoms with Crippen LogP contribution in [0.4, 0.5) is 0 Å². The summed E-state index contributed by atoms with van der Waals surface area (Å²) < 4.78 is 13.1. The average molecular weight is 700 g/mol. The lowest BCUT2D eigenvalue weighted by Gasteiger charge is -2.41. The first-order valence-electron chi connectivity index (χ1n) is 18.2. The van der Waals surface area contributed by atoms with E-state index in [0.29, 0.717) is 30.4 Å². The predicted molar refractivity (Wildman–Crippen MR) is 194 cm³/mol. The van der Waals surface area contributed by atoms with Crippen molar-refractivity contribution in [2.45, 2.75) is 101 Å². The van der Waals surface area contributed by atoms with Gasteiger partial charge in [-0.3, -0.25) is 19.2 Å². The minimum absolute atomic E-state index is 0.109. The largest absolute Gasteiger partial charge is 0.455 e. The van der Waals surface area contributed by atoms with Crippen LogP contribution in [-0.2, 0) is 28.7 Å². The number of aliphatic hydroxyl groups excluding tert-OH is 1. The van der Waals surface area contributed by atoms with Gasteiger partial charge in [-0.2, -0.15) is 0 Å². The van der Waals surface area contributed by atoms with E-state index < -0.39 is 66.3 Å². The van der Waals surface area contributed by atoms with E-state index in [1.165, 1.54) is 4.90 Å². The number of hydrogen-bond acceptors (Lipinski definition) is 7. The van der Waals surface area contributed by atoms with Gasteiger partial charge in [0.25, 0.3) is 0 Å². The molecule has 10 nitrogen and oxygen atoms in total. The van der Waals surface area contributed by atoms with Gasteiger partial charge in [-0.1, -0.05) is 86.2 Å². The molecule has 3 heterocycles.